The average molecular weight is 394 g/mol. The lowest BCUT2D eigenvalue weighted by Gasteiger charge is -2.28. The van der Waals surface area contributed by atoms with E-state index in [1.54, 1.807) is 19.1 Å². The SMILES string of the molecule is Cc1ccc(C(=O)C2=C(O)C(=O)N(CC(C)O)C2c2ccc(N(C)C)cc2)cc1. The summed E-state index contributed by atoms with van der Waals surface area (Å²) in [5, 5.41) is 20.5. The molecule has 1 heterocycles. The largest absolute Gasteiger partial charge is 0.503 e. The Morgan fingerprint density at radius 3 is 2.21 bits per heavy atom. The predicted molar refractivity (Wildman–Crippen MR) is 112 cm³/mol. The van der Waals surface area contributed by atoms with Crippen LogP contribution >= 0.6 is 0 Å². The van der Waals surface area contributed by atoms with Gasteiger partial charge in [0.1, 0.15) is 0 Å². The lowest BCUT2D eigenvalue weighted by atomic mass is 9.92. The quantitative estimate of drug-likeness (QED) is 0.736. The van der Waals surface area contributed by atoms with Crippen LogP contribution in [0.15, 0.2) is 59.9 Å². The van der Waals surface area contributed by atoms with Gasteiger partial charge < -0.3 is 20.0 Å². The second-order valence-electron chi connectivity index (χ2n) is 7.65. The zero-order chi connectivity index (χ0) is 21.3. The maximum Gasteiger partial charge on any atom is 0.290 e. The number of aliphatic hydroxyl groups excluding tert-OH is 2. The molecule has 29 heavy (non-hydrogen) atoms. The third-order valence-electron chi connectivity index (χ3n) is 5.05. The summed E-state index contributed by atoms with van der Waals surface area (Å²) in [7, 11) is 3.85. The Kier molecular flexibility index (Phi) is 5.75. The van der Waals surface area contributed by atoms with Crippen LogP contribution in [-0.2, 0) is 4.79 Å². The minimum Gasteiger partial charge on any atom is -0.503 e. The van der Waals surface area contributed by atoms with E-state index in [4.69, 9.17) is 0 Å². The molecule has 2 aromatic carbocycles. The average Bonchev–Trinajstić information content (AvgIpc) is 2.92. The third-order valence-corrected chi connectivity index (χ3v) is 5.05. The number of rotatable bonds is 6. The molecule has 1 aliphatic rings. The first-order chi connectivity index (χ1) is 13.7. The molecule has 2 atom stereocenters. The minimum absolute atomic E-state index is 0.00761. The molecule has 2 N–H and O–H groups in total. The van der Waals surface area contributed by atoms with E-state index >= 15 is 0 Å². The number of benzene rings is 2. The van der Waals surface area contributed by atoms with Crippen molar-refractivity contribution in [2.24, 2.45) is 0 Å². The van der Waals surface area contributed by atoms with Crippen molar-refractivity contribution in [2.45, 2.75) is 26.0 Å². The van der Waals surface area contributed by atoms with Crippen LogP contribution in [0.4, 0.5) is 5.69 Å². The van der Waals surface area contributed by atoms with Gasteiger partial charge in [-0.3, -0.25) is 9.59 Å². The molecule has 1 amide bonds. The molecule has 0 radical (unpaired) electrons. The zero-order valence-electron chi connectivity index (χ0n) is 17.1. The van der Waals surface area contributed by atoms with Gasteiger partial charge in [-0.2, -0.15) is 0 Å². The van der Waals surface area contributed by atoms with Crippen molar-refractivity contribution in [3.05, 3.63) is 76.6 Å². The summed E-state index contributed by atoms with van der Waals surface area (Å²) in [5.74, 6) is -1.61. The van der Waals surface area contributed by atoms with E-state index < -0.39 is 29.6 Å². The molecule has 152 valence electrons. The minimum atomic E-state index is -0.802. The van der Waals surface area contributed by atoms with Gasteiger partial charge in [0.05, 0.1) is 17.7 Å². The number of carbonyl (C=O) groups excluding carboxylic acids is 2. The Hall–Kier alpha value is -3.12. The van der Waals surface area contributed by atoms with Crippen LogP contribution in [-0.4, -0.2) is 53.5 Å². The smallest absolute Gasteiger partial charge is 0.290 e. The standard InChI is InChI=1S/C23H26N2O4/c1-14-5-7-17(8-6-14)21(27)19-20(16-9-11-18(12-10-16)24(3)4)25(13-15(2)26)23(29)22(19)28/h5-12,15,20,26,28H,13H2,1-4H3. The third kappa shape index (κ3) is 4.03. The maximum atomic E-state index is 13.2. The summed E-state index contributed by atoms with van der Waals surface area (Å²) in [5.41, 5.74) is 3.12. The molecule has 6 heteroatoms. The van der Waals surface area contributed by atoms with Crippen LogP contribution < -0.4 is 4.90 Å². The van der Waals surface area contributed by atoms with Gasteiger partial charge >= 0.3 is 0 Å². The summed E-state index contributed by atoms with van der Waals surface area (Å²) in [4.78, 5) is 29.3. The molecule has 0 bridgehead atoms. The fourth-order valence-electron chi connectivity index (χ4n) is 3.52. The fourth-order valence-corrected chi connectivity index (χ4v) is 3.52. The van der Waals surface area contributed by atoms with Gasteiger partial charge in [0.2, 0.25) is 0 Å². The van der Waals surface area contributed by atoms with E-state index in [9.17, 15) is 19.8 Å². The highest BCUT2D eigenvalue weighted by atomic mass is 16.3. The molecule has 0 aromatic heterocycles. The topological polar surface area (TPSA) is 81.1 Å². The molecule has 2 aromatic rings. The highest BCUT2D eigenvalue weighted by molar-refractivity contribution is 6.16. The molecular formula is C23H26N2O4. The molecule has 2 unspecified atom stereocenters. The van der Waals surface area contributed by atoms with E-state index in [0.29, 0.717) is 11.1 Å². The van der Waals surface area contributed by atoms with E-state index in [1.165, 1.54) is 4.90 Å². The van der Waals surface area contributed by atoms with Gasteiger partial charge in [-0.15, -0.1) is 0 Å². The monoisotopic (exact) mass is 394 g/mol. The normalized spacial score (nSPS) is 17.6. The number of hydrogen-bond acceptors (Lipinski definition) is 5. The lowest BCUT2D eigenvalue weighted by Crippen LogP contribution is -2.36. The van der Waals surface area contributed by atoms with Crippen LogP contribution in [0.25, 0.3) is 0 Å². The predicted octanol–water partition coefficient (Wildman–Crippen LogP) is 3.02. The molecule has 0 fully saturated rings. The van der Waals surface area contributed by atoms with E-state index in [-0.39, 0.29) is 12.1 Å². The zero-order valence-corrected chi connectivity index (χ0v) is 17.1. The first kappa shape index (κ1) is 20.6. The van der Waals surface area contributed by atoms with Gasteiger partial charge in [0, 0.05) is 31.9 Å². The first-order valence-electron chi connectivity index (χ1n) is 9.51. The van der Waals surface area contributed by atoms with Crippen LogP contribution in [0.5, 0.6) is 0 Å². The van der Waals surface area contributed by atoms with Gasteiger partial charge in [0.15, 0.2) is 11.5 Å². The van der Waals surface area contributed by atoms with Gasteiger partial charge in [-0.1, -0.05) is 42.0 Å². The second-order valence-corrected chi connectivity index (χ2v) is 7.65. The number of aliphatic hydroxyl groups is 2. The molecular weight excluding hydrogens is 368 g/mol. The summed E-state index contributed by atoms with van der Waals surface area (Å²) in [6, 6.07) is 13.7. The molecule has 6 nitrogen and oxygen atoms in total. The number of anilines is 1. The van der Waals surface area contributed by atoms with Crippen molar-refractivity contribution in [1.82, 2.24) is 4.90 Å². The lowest BCUT2D eigenvalue weighted by molar-refractivity contribution is -0.130. The molecule has 0 aliphatic carbocycles. The molecule has 0 saturated carbocycles. The van der Waals surface area contributed by atoms with Gasteiger partial charge in [0.25, 0.3) is 5.91 Å². The Morgan fingerprint density at radius 2 is 1.69 bits per heavy atom. The number of hydrogen-bond donors (Lipinski definition) is 2. The Balaban J connectivity index is 2.08. The number of carbonyl (C=O) groups is 2. The van der Waals surface area contributed by atoms with Crippen molar-refractivity contribution in [3.63, 3.8) is 0 Å². The van der Waals surface area contributed by atoms with Crippen molar-refractivity contribution in [2.75, 3.05) is 25.5 Å². The number of Topliss-reactive ketones (excluding diaryl/α,β-unsaturated/α-hetero) is 1. The van der Waals surface area contributed by atoms with Crippen molar-refractivity contribution in [1.29, 1.82) is 0 Å². The summed E-state index contributed by atoms with van der Waals surface area (Å²) in [6.07, 6.45) is -0.802. The Morgan fingerprint density at radius 1 is 1.10 bits per heavy atom. The van der Waals surface area contributed by atoms with Crippen molar-refractivity contribution >= 4 is 17.4 Å². The van der Waals surface area contributed by atoms with E-state index in [1.807, 2.05) is 62.3 Å². The molecule has 0 saturated heterocycles. The Bertz CT molecular complexity index is 944. The summed E-state index contributed by atoms with van der Waals surface area (Å²) < 4.78 is 0. The molecule has 0 spiro atoms. The Labute approximate surface area is 170 Å². The first-order valence-corrected chi connectivity index (χ1v) is 9.51. The second kappa shape index (κ2) is 8.09. The van der Waals surface area contributed by atoms with Gasteiger partial charge in [-0.25, -0.2) is 0 Å². The van der Waals surface area contributed by atoms with Gasteiger partial charge in [-0.05, 0) is 31.5 Å². The highest BCUT2D eigenvalue weighted by Crippen LogP contribution is 2.39. The molecule has 3 rings (SSSR count). The van der Waals surface area contributed by atoms with Crippen LogP contribution in [0.2, 0.25) is 0 Å². The van der Waals surface area contributed by atoms with Crippen molar-refractivity contribution in [3.8, 4) is 0 Å². The maximum absolute atomic E-state index is 13.2. The fraction of sp³-hybridized carbons (Fsp3) is 0.304. The van der Waals surface area contributed by atoms with Crippen LogP contribution in [0.3, 0.4) is 0 Å². The number of β-amino-alcohol motifs (C(OH)–C–C–N with tert-alkyl or cyclic N) is 1. The molecule has 1 aliphatic heterocycles. The number of aryl methyl sites for hydroxylation is 1. The highest BCUT2D eigenvalue weighted by Gasteiger charge is 2.44. The number of amides is 1. The summed E-state index contributed by atoms with van der Waals surface area (Å²) in [6.45, 7) is 3.49. The van der Waals surface area contributed by atoms with Crippen LogP contribution in [0.1, 0.15) is 34.5 Å². The number of nitrogens with zero attached hydrogens (tertiary/aromatic N) is 2. The van der Waals surface area contributed by atoms with Crippen LogP contribution in [0, 0.1) is 6.92 Å². The van der Waals surface area contributed by atoms with E-state index in [0.717, 1.165) is 11.3 Å². The van der Waals surface area contributed by atoms with E-state index in [2.05, 4.69) is 0 Å². The number of ketones is 1. The van der Waals surface area contributed by atoms with Crippen molar-refractivity contribution < 1.29 is 19.8 Å². The summed E-state index contributed by atoms with van der Waals surface area (Å²) >= 11 is 0.